The van der Waals surface area contributed by atoms with Crippen molar-refractivity contribution in [3.63, 3.8) is 0 Å². The molecule has 3 heteroatoms. The lowest BCUT2D eigenvalue weighted by molar-refractivity contribution is 0.150. The van der Waals surface area contributed by atoms with E-state index in [0.717, 1.165) is 22.4 Å². The summed E-state index contributed by atoms with van der Waals surface area (Å²) in [5.74, 6) is 0.854. The van der Waals surface area contributed by atoms with Crippen molar-refractivity contribution in [2.75, 3.05) is 7.11 Å². The molecule has 0 radical (unpaired) electrons. The van der Waals surface area contributed by atoms with Crippen molar-refractivity contribution >= 4 is 6.08 Å². The fourth-order valence-electron chi connectivity index (χ4n) is 1.90. The Labute approximate surface area is 119 Å². The zero-order valence-electron chi connectivity index (χ0n) is 11.7. The number of methoxy groups -OCH3 is 1. The maximum absolute atomic E-state index is 8.78. The van der Waals surface area contributed by atoms with Gasteiger partial charge in [-0.25, -0.2) is 0 Å². The Kier molecular flexibility index (Phi) is 4.93. The first-order valence-corrected chi connectivity index (χ1v) is 6.55. The molecule has 0 fully saturated rings. The summed E-state index contributed by atoms with van der Waals surface area (Å²) in [5, 5.41) is 8.78. The Morgan fingerprint density at radius 2 is 1.85 bits per heavy atom. The van der Waals surface area contributed by atoms with E-state index >= 15 is 0 Å². The predicted molar refractivity (Wildman–Crippen MR) is 81.8 cm³/mol. The largest absolute Gasteiger partial charge is 0.497 e. The molecule has 104 valence electrons. The van der Waals surface area contributed by atoms with Crippen molar-refractivity contribution in [2.24, 2.45) is 0 Å². The predicted octanol–water partition coefficient (Wildman–Crippen LogP) is 3.74. The molecule has 0 saturated carbocycles. The van der Waals surface area contributed by atoms with E-state index in [4.69, 9.17) is 9.94 Å². The third kappa shape index (κ3) is 3.70. The molecule has 0 aromatic heterocycles. The van der Waals surface area contributed by atoms with E-state index in [1.165, 1.54) is 0 Å². The molecule has 0 aliphatic heterocycles. The topological polar surface area (TPSA) is 41.5 Å². The molecule has 0 saturated heterocycles. The highest BCUT2D eigenvalue weighted by atomic mass is 16.5. The summed E-state index contributed by atoms with van der Waals surface area (Å²) in [6, 6.07) is 16.2. The van der Waals surface area contributed by atoms with Gasteiger partial charge in [0.2, 0.25) is 0 Å². The number of hydrogen-bond donors (Lipinski definition) is 2. The molecular weight excluding hydrogens is 250 g/mol. The van der Waals surface area contributed by atoms with E-state index in [2.05, 4.69) is 17.6 Å². The fraction of sp³-hybridized carbons (Fsp3) is 0.176. The van der Waals surface area contributed by atoms with E-state index in [1.54, 1.807) is 7.11 Å². The van der Waals surface area contributed by atoms with Crippen molar-refractivity contribution < 1.29 is 9.94 Å². The normalized spacial score (nSPS) is 12.6. The van der Waals surface area contributed by atoms with Crippen LogP contribution in [0.3, 0.4) is 0 Å². The molecule has 0 aliphatic carbocycles. The van der Waals surface area contributed by atoms with E-state index in [9.17, 15) is 0 Å². The maximum atomic E-state index is 8.78. The standard InChI is InChI=1S/C17H19NO2/c1-13(18-19)6-7-14-4-3-5-16(12-14)15-8-10-17(20-2)11-9-15/h3-13,18-19H,1-2H3/b7-6+/t13-/m0/s1. The first-order valence-electron chi connectivity index (χ1n) is 6.55. The van der Waals surface area contributed by atoms with Crippen LogP contribution in [-0.2, 0) is 0 Å². The molecule has 3 nitrogen and oxygen atoms in total. The average molecular weight is 269 g/mol. The van der Waals surface area contributed by atoms with Crippen LogP contribution in [0.15, 0.2) is 54.6 Å². The molecule has 2 N–H and O–H groups in total. The van der Waals surface area contributed by atoms with Crippen molar-refractivity contribution in [3.8, 4) is 16.9 Å². The van der Waals surface area contributed by atoms with Gasteiger partial charge in [-0.1, -0.05) is 42.5 Å². The highest BCUT2D eigenvalue weighted by Crippen LogP contribution is 2.23. The first kappa shape index (κ1) is 14.3. The van der Waals surface area contributed by atoms with Crippen molar-refractivity contribution in [3.05, 3.63) is 60.2 Å². The SMILES string of the molecule is COc1ccc(-c2cccc(/C=C/[C@H](C)NO)c2)cc1. The van der Waals surface area contributed by atoms with Crippen LogP contribution in [-0.4, -0.2) is 18.4 Å². The van der Waals surface area contributed by atoms with Gasteiger partial charge in [-0.05, 0) is 41.8 Å². The number of ether oxygens (including phenoxy) is 1. The van der Waals surface area contributed by atoms with E-state index < -0.39 is 0 Å². The lowest BCUT2D eigenvalue weighted by Gasteiger charge is -2.05. The van der Waals surface area contributed by atoms with E-state index in [-0.39, 0.29) is 6.04 Å². The number of nitrogens with one attached hydrogen (secondary N) is 1. The van der Waals surface area contributed by atoms with Gasteiger partial charge in [-0.3, -0.25) is 0 Å². The second-order valence-electron chi connectivity index (χ2n) is 4.63. The van der Waals surface area contributed by atoms with Crippen LogP contribution >= 0.6 is 0 Å². The van der Waals surface area contributed by atoms with Crippen LogP contribution in [0.25, 0.3) is 17.2 Å². The zero-order valence-corrected chi connectivity index (χ0v) is 11.7. The third-order valence-corrected chi connectivity index (χ3v) is 3.09. The highest BCUT2D eigenvalue weighted by molar-refractivity contribution is 5.68. The lowest BCUT2D eigenvalue weighted by Crippen LogP contribution is -2.18. The second kappa shape index (κ2) is 6.89. The van der Waals surface area contributed by atoms with Crippen LogP contribution < -0.4 is 10.2 Å². The van der Waals surface area contributed by atoms with Crippen molar-refractivity contribution in [1.29, 1.82) is 0 Å². The fourth-order valence-corrected chi connectivity index (χ4v) is 1.90. The summed E-state index contributed by atoms with van der Waals surface area (Å²) in [6.45, 7) is 1.88. The number of hydroxylamine groups is 1. The van der Waals surface area contributed by atoms with E-state index in [1.807, 2.05) is 55.5 Å². The molecule has 0 aliphatic rings. The highest BCUT2D eigenvalue weighted by Gasteiger charge is 1.99. The van der Waals surface area contributed by atoms with Gasteiger partial charge < -0.3 is 9.94 Å². The number of benzene rings is 2. The minimum Gasteiger partial charge on any atom is -0.497 e. The summed E-state index contributed by atoms with van der Waals surface area (Å²) in [6.07, 6.45) is 3.90. The third-order valence-electron chi connectivity index (χ3n) is 3.09. The molecule has 0 bridgehead atoms. The zero-order chi connectivity index (χ0) is 14.4. The summed E-state index contributed by atoms with van der Waals surface area (Å²) in [5.41, 5.74) is 5.59. The number of hydrogen-bond acceptors (Lipinski definition) is 3. The molecule has 0 heterocycles. The molecule has 20 heavy (non-hydrogen) atoms. The van der Waals surface area contributed by atoms with Gasteiger partial charge in [0.05, 0.1) is 7.11 Å². The minimum absolute atomic E-state index is 0.0698. The van der Waals surface area contributed by atoms with Crippen LogP contribution in [0.1, 0.15) is 12.5 Å². The smallest absolute Gasteiger partial charge is 0.118 e. The minimum atomic E-state index is -0.0698. The Bertz CT molecular complexity index is 576. The Morgan fingerprint density at radius 3 is 2.50 bits per heavy atom. The summed E-state index contributed by atoms with van der Waals surface area (Å²) in [7, 11) is 1.66. The Hall–Kier alpha value is -2.10. The van der Waals surface area contributed by atoms with Gasteiger partial charge in [-0.15, -0.1) is 0 Å². The van der Waals surface area contributed by atoms with Crippen LogP contribution in [0.4, 0.5) is 0 Å². The monoisotopic (exact) mass is 269 g/mol. The molecule has 0 unspecified atom stereocenters. The lowest BCUT2D eigenvalue weighted by atomic mass is 10.0. The van der Waals surface area contributed by atoms with Crippen molar-refractivity contribution in [2.45, 2.75) is 13.0 Å². The summed E-state index contributed by atoms with van der Waals surface area (Å²) >= 11 is 0. The molecule has 1 atom stereocenters. The molecule has 0 amide bonds. The van der Waals surface area contributed by atoms with Crippen LogP contribution in [0, 0.1) is 0 Å². The molecule has 0 spiro atoms. The molecule has 2 aromatic carbocycles. The van der Waals surface area contributed by atoms with Crippen molar-refractivity contribution in [1.82, 2.24) is 5.48 Å². The van der Waals surface area contributed by atoms with Gasteiger partial charge in [0.15, 0.2) is 0 Å². The summed E-state index contributed by atoms with van der Waals surface area (Å²) < 4.78 is 5.16. The van der Waals surface area contributed by atoms with Gasteiger partial charge in [0.25, 0.3) is 0 Å². The van der Waals surface area contributed by atoms with Crippen LogP contribution in [0.5, 0.6) is 5.75 Å². The van der Waals surface area contributed by atoms with Gasteiger partial charge >= 0.3 is 0 Å². The molecule has 2 rings (SSSR count). The van der Waals surface area contributed by atoms with Gasteiger partial charge in [-0.2, -0.15) is 5.48 Å². The Balaban J connectivity index is 2.22. The van der Waals surface area contributed by atoms with Gasteiger partial charge in [0, 0.05) is 6.04 Å². The quantitative estimate of drug-likeness (QED) is 0.812. The first-order chi connectivity index (χ1) is 9.72. The average Bonchev–Trinajstić information content (AvgIpc) is 2.53. The van der Waals surface area contributed by atoms with E-state index in [0.29, 0.717) is 0 Å². The second-order valence-corrected chi connectivity index (χ2v) is 4.63. The summed E-state index contributed by atoms with van der Waals surface area (Å²) in [4.78, 5) is 0. The number of rotatable bonds is 5. The molecule has 2 aromatic rings. The maximum Gasteiger partial charge on any atom is 0.118 e. The van der Waals surface area contributed by atoms with Gasteiger partial charge in [0.1, 0.15) is 5.75 Å². The Morgan fingerprint density at radius 1 is 1.10 bits per heavy atom. The van der Waals surface area contributed by atoms with Crippen LogP contribution in [0.2, 0.25) is 0 Å². The molecular formula is C17H19NO2.